The second kappa shape index (κ2) is 7.70. The molecule has 2 aromatic rings. The molecule has 1 aromatic carbocycles. The molecule has 2 rings (SSSR count). The molecule has 0 spiro atoms. The number of ether oxygens (including phenoxy) is 2. The Morgan fingerprint density at radius 2 is 2.24 bits per heavy atom. The van der Waals surface area contributed by atoms with Crippen molar-refractivity contribution in [3.8, 4) is 5.75 Å². The van der Waals surface area contributed by atoms with Crippen LogP contribution in [0.1, 0.15) is 11.3 Å². The summed E-state index contributed by atoms with van der Waals surface area (Å²) < 4.78 is 26.0. The van der Waals surface area contributed by atoms with Gasteiger partial charge in [-0.1, -0.05) is 17.3 Å². The summed E-state index contributed by atoms with van der Waals surface area (Å²) in [5.41, 5.74) is 1.41. The van der Waals surface area contributed by atoms with Gasteiger partial charge in [-0.2, -0.15) is 0 Å². The molecule has 1 heterocycles. The van der Waals surface area contributed by atoms with Gasteiger partial charge >= 0.3 is 0 Å². The number of aromatic nitrogens is 3. The van der Waals surface area contributed by atoms with E-state index in [0.29, 0.717) is 25.4 Å². The van der Waals surface area contributed by atoms with E-state index >= 15 is 0 Å². The Bertz CT molecular complexity index is 574. The van der Waals surface area contributed by atoms with E-state index < -0.39 is 0 Å². The Hall–Kier alpha value is -1.99. The number of nitrogens with zero attached hydrogens (tertiary/aromatic N) is 3. The molecule has 21 heavy (non-hydrogen) atoms. The third kappa shape index (κ3) is 4.51. The second-order valence-corrected chi connectivity index (χ2v) is 4.57. The highest BCUT2D eigenvalue weighted by Crippen LogP contribution is 2.23. The van der Waals surface area contributed by atoms with Gasteiger partial charge in [-0.15, -0.1) is 5.10 Å². The summed E-state index contributed by atoms with van der Waals surface area (Å²) in [7, 11) is 3.41. The number of benzene rings is 1. The molecule has 7 heteroatoms. The van der Waals surface area contributed by atoms with Crippen LogP contribution in [0.4, 0.5) is 4.39 Å². The quantitative estimate of drug-likeness (QED) is 0.743. The molecule has 0 bridgehead atoms. The zero-order chi connectivity index (χ0) is 15.1. The average molecular weight is 294 g/mol. The average Bonchev–Trinajstić information content (AvgIpc) is 2.88. The van der Waals surface area contributed by atoms with Crippen molar-refractivity contribution in [1.29, 1.82) is 0 Å². The molecular weight excluding hydrogens is 275 g/mol. The highest BCUT2D eigenvalue weighted by atomic mass is 19.1. The summed E-state index contributed by atoms with van der Waals surface area (Å²) in [5, 5.41) is 10.9. The Kier molecular flexibility index (Phi) is 5.65. The Balaban J connectivity index is 1.99. The maximum atomic E-state index is 13.9. The van der Waals surface area contributed by atoms with Crippen LogP contribution in [-0.2, 0) is 24.9 Å². The zero-order valence-corrected chi connectivity index (χ0v) is 12.2. The molecule has 0 atom stereocenters. The van der Waals surface area contributed by atoms with E-state index in [2.05, 4.69) is 15.6 Å². The summed E-state index contributed by atoms with van der Waals surface area (Å²) in [6, 6.07) is 4.87. The predicted octanol–water partition coefficient (Wildman–Crippen LogP) is 1.27. The lowest BCUT2D eigenvalue weighted by atomic mass is 10.2. The summed E-state index contributed by atoms with van der Waals surface area (Å²) in [6.45, 7) is 1.98. The molecule has 0 aliphatic heterocycles. The minimum atomic E-state index is -0.384. The fourth-order valence-electron chi connectivity index (χ4n) is 1.86. The van der Waals surface area contributed by atoms with Crippen LogP contribution in [0, 0.1) is 5.82 Å². The smallest absolute Gasteiger partial charge is 0.165 e. The third-order valence-corrected chi connectivity index (χ3v) is 2.86. The first-order valence-corrected chi connectivity index (χ1v) is 6.65. The van der Waals surface area contributed by atoms with E-state index in [1.165, 1.54) is 6.07 Å². The Labute approximate surface area is 122 Å². The minimum absolute atomic E-state index is 0.180. The zero-order valence-electron chi connectivity index (χ0n) is 12.2. The SMILES string of the molecule is COCCNCc1cccc(F)c1OCc1cn(C)nn1. The van der Waals surface area contributed by atoms with Gasteiger partial charge in [0.25, 0.3) is 0 Å². The number of methoxy groups -OCH3 is 1. The van der Waals surface area contributed by atoms with Crippen LogP contribution in [0.5, 0.6) is 5.75 Å². The monoisotopic (exact) mass is 294 g/mol. The van der Waals surface area contributed by atoms with E-state index in [4.69, 9.17) is 9.47 Å². The number of para-hydroxylation sites is 1. The first-order valence-electron chi connectivity index (χ1n) is 6.65. The van der Waals surface area contributed by atoms with E-state index in [1.807, 2.05) is 6.07 Å². The van der Waals surface area contributed by atoms with Crippen LogP contribution in [0.25, 0.3) is 0 Å². The summed E-state index contributed by atoms with van der Waals surface area (Å²) in [4.78, 5) is 0. The molecule has 6 nitrogen and oxygen atoms in total. The van der Waals surface area contributed by atoms with Crippen molar-refractivity contribution in [2.75, 3.05) is 20.3 Å². The van der Waals surface area contributed by atoms with E-state index in [-0.39, 0.29) is 18.2 Å². The first-order chi connectivity index (χ1) is 10.2. The standard InChI is InChI=1S/C14H19FN4O2/c1-19-9-12(17-18-19)10-21-14-11(4-3-5-13(14)15)8-16-6-7-20-2/h3-5,9,16H,6-8,10H2,1-2H3. The van der Waals surface area contributed by atoms with Crippen molar-refractivity contribution >= 4 is 0 Å². The highest BCUT2D eigenvalue weighted by Gasteiger charge is 2.10. The lowest BCUT2D eigenvalue weighted by Gasteiger charge is -2.12. The van der Waals surface area contributed by atoms with Crippen LogP contribution in [0.3, 0.4) is 0 Å². The molecular formula is C14H19FN4O2. The fourth-order valence-corrected chi connectivity index (χ4v) is 1.86. The number of hydrogen-bond donors (Lipinski definition) is 1. The summed E-state index contributed by atoms with van der Waals surface area (Å²) in [5.74, 6) is -0.141. The second-order valence-electron chi connectivity index (χ2n) is 4.57. The molecule has 1 N–H and O–H groups in total. The van der Waals surface area contributed by atoms with E-state index in [1.54, 1.807) is 31.1 Å². The van der Waals surface area contributed by atoms with Gasteiger partial charge in [0.15, 0.2) is 11.6 Å². The summed E-state index contributed by atoms with van der Waals surface area (Å²) in [6.07, 6.45) is 1.73. The largest absolute Gasteiger partial charge is 0.484 e. The van der Waals surface area contributed by atoms with Crippen molar-refractivity contribution in [2.24, 2.45) is 7.05 Å². The van der Waals surface area contributed by atoms with Gasteiger partial charge < -0.3 is 14.8 Å². The first kappa shape index (κ1) is 15.4. The summed E-state index contributed by atoms with van der Waals surface area (Å²) >= 11 is 0. The molecule has 0 radical (unpaired) electrons. The maximum absolute atomic E-state index is 13.9. The minimum Gasteiger partial charge on any atom is -0.484 e. The molecule has 0 fully saturated rings. The van der Waals surface area contributed by atoms with Gasteiger partial charge in [-0.3, -0.25) is 4.68 Å². The molecule has 0 aliphatic rings. The van der Waals surface area contributed by atoms with Gasteiger partial charge in [-0.25, -0.2) is 4.39 Å². The highest BCUT2D eigenvalue weighted by molar-refractivity contribution is 5.35. The van der Waals surface area contributed by atoms with Crippen LogP contribution >= 0.6 is 0 Å². The number of halogens is 1. The molecule has 0 saturated heterocycles. The maximum Gasteiger partial charge on any atom is 0.165 e. The molecule has 0 unspecified atom stereocenters. The molecule has 0 amide bonds. The lowest BCUT2D eigenvalue weighted by Crippen LogP contribution is -2.19. The van der Waals surface area contributed by atoms with Gasteiger partial charge in [0.2, 0.25) is 0 Å². The van der Waals surface area contributed by atoms with Crippen LogP contribution < -0.4 is 10.1 Å². The van der Waals surface area contributed by atoms with Crippen LogP contribution in [0.2, 0.25) is 0 Å². The van der Waals surface area contributed by atoms with Crippen molar-refractivity contribution < 1.29 is 13.9 Å². The van der Waals surface area contributed by atoms with Gasteiger partial charge in [0.05, 0.1) is 12.8 Å². The van der Waals surface area contributed by atoms with E-state index in [0.717, 1.165) is 5.56 Å². The Morgan fingerprint density at radius 3 is 2.95 bits per heavy atom. The number of nitrogens with one attached hydrogen (secondary N) is 1. The normalized spacial score (nSPS) is 10.8. The third-order valence-electron chi connectivity index (χ3n) is 2.86. The topological polar surface area (TPSA) is 61.2 Å². The van der Waals surface area contributed by atoms with E-state index in [9.17, 15) is 4.39 Å². The number of aryl methyl sites for hydroxylation is 1. The molecule has 1 aromatic heterocycles. The van der Waals surface area contributed by atoms with Crippen LogP contribution in [0.15, 0.2) is 24.4 Å². The predicted molar refractivity (Wildman–Crippen MR) is 75.3 cm³/mol. The van der Waals surface area contributed by atoms with Gasteiger partial charge in [-0.05, 0) is 6.07 Å². The lowest BCUT2D eigenvalue weighted by molar-refractivity contribution is 0.199. The van der Waals surface area contributed by atoms with Crippen LogP contribution in [-0.4, -0.2) is 35.3 Å². The van der Waals surface area contributed by atoms with Crippen molar-refractivity contribution in [3.05, 3.63) is 41.5 Å². The van der Waals surface area contributed by atoms with Gasteiger partial charge in [0.1, 0.15) is 12.3 Å². The molecule has 0 saturated carbocycles. The van der Waals surface area contributed by atoms with Gasteiger partial charge in [0, 0.05) is 32.8 Å². The van der Waals surface area contributed by atoms with Crippen molar-refractivity contribution in [3.63, 3.8) is 0 Å². The number of rotatable bonds is 8. The van der Waals surface area contributed by atoms with Crippen molar-refractivity contribution in [2.45, 2.75) is 13.2 Å². The molecule has 0 aliphatic carbocycles. The van der Waals surface area contributed by atoms with Crippen molar-refractivity contribution in [1.82, 2.24) is 20.3 Å². The number of hydrogen-bond acceptors (Lipinski definition) is 5. The fraction of sp³-hybridized carbons (Fsp3) is 0.429. The molecule has 114 valence electrons. The Morgan fingerprint density at radius 1 is 1.38 bits per heavy atom.